The lowest BCUT2D eigenvalue weighted by Crippen LogP contribution is -2.58. The van der Waals surface area contributed by atoms with E-state index >= 15 is 0 Å². The van der Waals surface area contributed by atoms with Gasteiger partial charge in [0, 0.05) is 12.7 Å². The Morgan fingerprint density at radius 1 is 0.636 bits per heavy atom. The van der Waals surface area contributed by atoms with Crippen LogP contribution in [0.25, 0.3) is 0 Å². The summed E-state index contributed by atoms with van der Waals surface area (Å²) in [5, 5.41) is 0. The SMILES string of the molecule is COC1OC2OC(c3ccccc3)OC2C(OCc2ccccc2)C1OCc1ccccc1. The predicted octanol–water partition coefficient (Wildman–Crippen LogP) is 4.60. The molecule has 2 fully saturated rings. The van der Waals surface area contributed by atoms with Crippen LogP contribution in [-0.2, 0) is 41.6 Å². The van der Waals surface area contributed by atoms with E-state index in [1.54, 1.807) is 7.11 Å². The molecule has 5 rings (SSSR count). The van der Waals surface area contributed by atoms with Gasteiger partial charge in [-0.15, -0.1) is 0 Å². The van der Waals surface area contributed by atoms with Crippen molar-refractivity contribution in [3.63, 3.8) is 0 Å². The highest BCUT2D eigenvalue weighted by Gasteiger charge is 2.54. The van der Waals surface area contributed by atoms with Crippen molar-refractivity contribution in [2.24, 2.45) is 0 Å². The third-order valence-corrected chi connectivity index (χ3v) is 5.87. The summed E-state index contributed by atoms with van der Waals surface area (Å²) in [6.07, 6.45) is -3.25. The van der Waals surface area contributed by atoms with Gasteiger partial charge in [-0.05, 0) is 11.1 Å². The molecule has 6 heteroatoms. The van der Waals surface area contributed by atoms with Gasteiger partial charge in [0.05, 0.1) is 13.2 Å². The molecule has 2 saturated heterocycles. The van der Waals surface area contributed by atoms with E-state index in [2.05, 4.69) is 0 Å². The molecule has 33 heavy (non-hydrogen) atoms. The Labute approximate surface area is 193 Å². The highest BCUT2D eigenvalue weighted by Crippen LogP contribution is 2.40. The van der Waals surface area contributed by atoms with E-state index in [0.717, 1.165) is 16.7 Å². The smallest absolute Gasteiger partial charge is 0.193 e. The monoisotopic (exact) mass is 448 g/mol. The summed E-state index contributed by atoms with van der Waals surface area (Å²) < 4.78 is 36.9. The summed E-state index contributed by atoms with van der Waals surface area (Å²) in [5.41, 5.74) is 3.05. The standard InChI is InChI=1S/C27H28O6/c1-28-26-23(30-18-20-13-7-3-8-14-20)22(29-17-19-11-5-2-6-12-19)24-27(33-26)32-25(31-24)21-15-9-4-10-16-21/h2-16,22-27H,17-18H2,1H3. The molecule has 172 valence electrons. The summed E-state index contributed by atoms with van der Waals surface area (Å²) in [6, 6.07) is 29.9. The van der Waals surface area contributed by atoms with Gasteiger partial charge < -0.3 is 28.4 Å². The van der Waals surface area contributed by atoms with Crippen LogP contribution in [0, 0.1) is 0 Å². The average molecular weight is 449 g/mol. The second-order valence-corrected chi connectivity index (χ2v) is 8.11. The first kappa shape index (κ1) is 22.2. The summed E-state index contributed by atoms with van der Waals surface area (Å²) in [4.78, 5) is 0. The lowest BCUT2D eigenvalue weighted by molar-refractivity contribution is -0.327. The number of benzene rings is 3. The molecule has 0 aliphatic carbocycles. The number of ether oxygens (including phenoxy) is 6. The number of fused-ring (bicyclic) bond motifs is 1. The minimum atomic E-state index is -0.658. The molecule has 2 aliphatic rings. The Kier molecular flexibility index (Phi) is 7.12. The van der Waals surface area contributed by atoms with Gasteiger partial charge in [-0.2, -0.15) is 0 Å². The van der Waals surface area contributed by atoms with Gasteiger partial charge in [0.1, 0.15) is 18.3 Å². The van der Waals surface area contributed by atoms with Gasteiger partial charge in [-0.3, -0.25) is 0 Å². The van der Waals surface area contributed by atoms with Crippen LogP contribution >= 0.6 is 0 Å². The largest absolute Gasteiger partial charge is 0.368 e. The van der Waals surface area contributed by atoms with Crippen LogP contribution in [0.15, 0.2) is 91.0 Å². The molecule has 0 radical (unpaired) electrons. The number of hydrogen-bond acceptors (Lipinski definition) is 6. The summed E-state index contributed by atoms with van der Waals surface area (Å²) in [5.74, 6) is 0. The Morgan fingerprint density at radius 3 is 1.76 bits per heavy atom. The molecule has 0 saturated carbocycles. The summed E-state index contributed by atoms with van der Waals surface area (Å²) in [6.45, 7) is 0.815. The molecule has 3 aromatic carbocycles. The fraction of sp³-hybridized carbons (Fsp3) is 0.333. The van der Waals surface area contributed by atoms with E-state index in [0.29, 0.717) is 13.2 Å². The van der Waals surface area contributed by atoms with Gasteiger partial charge in [-0.1, -0.05) is 91.0 Å². The van der Waals surface area contributed by atoms with E-state index in [9.17, 15) is 0 Å². The lowest BCUT2D eigenvalue weighted by Gasteiger charge is -2.41. The Bertz CT molecular complexity index is 983. The molecule has 6 nitrogen and oxygen atoms in total. The van der Waals surface area contributed by atoms with Crippen molar-refractivity contribution in [2.45, 2.75) is 50.4 Å². The van der Waals surface area contributed by atoms with E-state index < -0.39 is 37.2 Å². The van der Waals surface area contributed by atoms with Crippen LogP contribution in [-0.4, -0.2) is 38.0 Å². The van der Waals surface area contributed by atoms with E-state index in [4.69, 9.17) is 28.4 Å². The first-order valence-electron chi connectivity index (χ1n) is 11.2. The lowest BCUT2D eigenvalue weighted by atomic mass is 10.0. The highest BCUT2D eigenvalue weighted by molar-refractivity contribution is 5.18. The van der Waals surface area contributed by atoms with E-state index in [-0.39, 0.29) is 0 Å². The second kappa shape index (κ2) is 10.6. The van der Waals surface area contributed by atoms with Gasteiger partial charge in [0.25, 0.3) is 0 Å². The topological polar surface area (TPSA) is 55.4 Å². The van der Waals surface area contributed by atoms with Gasteiger partial charge in [0.2, 0.25) is 0 Å². The molecule has 0 spiro atoms. The Balaban J connectivity index is 1.37. The maximum Gasteiger partial charge on any atom is 0.193 e. The van der Waals surface area contributed by atoms with Gasteiger partial charge >= 0.3 is 0 Å². The van der Waals surface area contributed by atoms with Crippen LogP contribution in [0.4, 0.5) is 0 Å². The van der Waals surface area contributed by atoms with Gasteiger partial charge in [0.15, 0.2) is 18.9 Å². The summed E-state index contributed by atoms with van der Waals surface area (Å²) in [7, 11) is 1.60. The fourth-order valence-electron chi connectivity index (χ4n) is 4.18. The zero-order valence-corrected chi connectivity index (χ0v) is 18.5. The third kappa shape index (κ3) is 5.17. The van der Waals surface area contributed by atoms with Crippen LogP contribution < -0.4 is 0 Å². The van der Waals surface area contributed by atoms with Crippen molar-refractivity contribution < 1.29 is 28.4 Å². The zero-order valence-electron chi connectivity index (χ0n) is 18.5. The predicted molar refractivity (Wildman–Crippen MR) is 121 cm³/mol. The minimum absolute atomic E-state index is 0.403. The first-order valence-corrected chi connectivity index (χ1v) is 11.2. The van der Waals surface area contributed by atoms with E-state index in [1.807, 2.05) is 91.0 Å². The van der Waals surface area contributed by atoms with Crippen LogP contribution in [0.3, 0.4) is 0 Å². The molecule has 0 amide bonds. The average Bonchev–Trinajstić information content (AvgIpc) is 3.31. The summed E-state index contributed by atoms with van der Waals surface area (Å²) >= 11 is 0. The van der Waals surface area contributed by atoms with Crippen molar-refractivity contribution in [2.75, 3.05) is 7.11 Å². The van der Waals surface area contributed by atoms with E-state index in [1.165, 1.54) is 0 Å². The molecule has 3 aromatic rings. The van der Waals surface area contributed by atoms with Crippen molar-refractivity contribution >= 4 is 0 Å². The molecule has 0 N–H and O–H groups in total. The van der Waals surface area contributed by atoms with Crippen LogP contribution in [0.2, 0.25) is 0 Å². The maximum absolute atomic E-state index is 6.41. The van der Waals surface area contributed by atoms with Crippen molar-refractivity contribution in [3.8, 4) is 0 Å². The minimum Gasteiger partial charge on any atom is -0.368 e. The highest BCUT2D eigenvalue weighted by atomic mass is 16.9. The zero-order chi connectivity index (χ0) is 22.5. The molecular formula is C27H28O6. The maximum atomic E-state index is 6.41. The molecule has 0 bridgehead atoms. The molecule has 6 atom stereocenters. The van der Waals surface area contributed by atoms with Crippen LogP contribution in [0.1, 0.15) is 23.0 Å². The van der Waals surface area contributed by atoms with Crippen molar-refractivity contribution in [1.82, 2.24) is 0 Å². The molecule has 2 aliphatic heterocycles. The first-order chi connectivity index (χ1) is 16.3. The Morgan fingerprint density at radius 2 is 1.18 bits per heavy atom. The van der Waals surface area contributed by atoms with Gasteiger partial charge in [-0.25, -0.2) is 0 Å². The molecule has 6 unspecified atom stereocenters. The third-order valence-electron chi connectivity index (χ3n) is 5.87. The van der Waals surface area contributed by atoms with Crippen molar-refractivity contribution in [1.29, 1.82) is 0 Å². The quantitative estimate of drug-likeness (QED) is 0.502. The Hall–Kier alpha value is -2.58. The second-order valence-electron chi connectivity index (χ2n) is 8.11. The normalized spacial score (nSPS) is 29.0. The number of methoxy groups -OCH3 is 1. The van der Waals surface area contributed by atoms with Crippen molar-refractivity contribution in [3.05, 3.63) is 108 Å². The molecule has 2 heterocycles. The van der Waals surface area contributed by atoms with Crippen LogP contribution in [0.5, 0.6) is 0 Å². The fourth-order valence-corrected chi connectivity index (χ4v) is 4.18. The number of rotatable bonds is 8. The molecular weight excluding hydrogens is 420 g/mol. The molecule has 0 aromatic heterocycles. The number of hydrogen-bond donors (Lipinski definition) is 0.